The number of carbonyl (C=O) groups is 1. The van der Waals surface area contributed by atoms with Gasteiger partial charge in [0.05, 0.1) is 12.5 Å². The van der Waals surface area contributed by atoms with Crippen LogP contribution in [0.1, 0.15) is 26.2 Å². The number of nitriles is 1. The van der Waals surface area contributed by atoms with E-state index in [2.05, 4.69) is 21.2 Å². The number of hydrogen-bond acceptors (Lipinski definition) is 2. The smallest absolute Gasteiger partial charge is 0.221 e. The number of halogens is 1. The fourth-order valence-electron chi connectivity index (χ4n) is 0.793. The van der Waals surface area contributed by atoms with E-state index in [1.165, 1.54) is 0 Å². The number of nitrogens with one attached hydrogen (secondary N) is 1. The standard InChI is InChI=1S/C8H13BrN2O/c1-2-7(4-6-10)11-8(12)3-5-9/h7H,2-5H2,1H3,(H,11,12). The SMILES string of the molecule is CCC(CC#N)NC(=O)CCBr. The second-order valence-electron chi connectivity index (χ2n) is 2.47. The van der Waals surface area contributed by atoms with Gasteiger partial charge in [-0.15, -0.1) is 0 Å². The van der Waals surface area contributed by atoms with Crippen LogP contribution >= 0.6 is 15.9 Å². The van der Waals surface area contributed by atoms with E-state index in [0.717, 1.165) is 6.42 Å². The maximum Gasteiger partial charge on any atom is 0.221 e. The minimum Gasteiger partial charge on any atom is -0.352 e. The topological polar surface area (TPSA) is 52.9 Å². The van der Waals surface area contributed by atoms with Gasteiger partial charge in [0.2, 0.25) is 5.91 Å². The molecule has 68 valence electrons. The van der Waals surface area contributed by atoms with Crippen LogP contribution in [0.3, 0.4) is 0 Å². The summed E-state index contributed by atoms with van der Waals surface area (Å²) in [6.45, 7) is 1.95. The zero-order valence-electron chi connectivity index (χ0n) is 7.14. The third kappa shape index (κ3) is 5.14. The zero-order valence-corrected chi connectivity index (χ0v) is 8.73. The molecule has 0 aromatic rings. The summed E-state index contributed by atoms with van der Waals surface area (Å²) in [4.78, 5) is 11.0. The fourth-order valence-corrected chi connectivity index (χ4v) is 1.15. The molecular formula is C8H13BrN2O. The molecule has 0 aromatic heterocycles. The van der Waals surface area contributed by atoms with Crippen molar-refractivity contribution in [1.29, 1.82) is 5.26 Å². The number of nitrogens with zero attached hydrogens (tertiary/aromatic N) is 1. The molecular weight excluding hydrogens is 220 g/mol. The van der Waals surface area contributed by atoms with Crippen LogP contribution in [-0.2, 0) is 4.79 Å². The summed E-state index contributed by atoms with van der Waals surface area (Å²) in [6.07, 6.45) is 1.67. The van der Waals surface area contributed by atoms with Gasteiger partial charge in [-0.2, -0.15) is 5.26 Å². The van der Waals surface area contributed by atoms with E-state index < -0.39 is 0 Å². The molecule has 0 aliphatic rings. The van der Waals surface area contributed by atoms with Crippen molar-refractivity contribution in [3.63, 3.8) is 0 Å². The van der Waals surface area contributed by atoms with E-state index in [1.807, 2.05) is 13.0 Å². The van der Waals surface area contributed by atoms with Crippen molar-refractivity contribution in [1.82, 2.24) is 5.32 Å². The molecule has 0 saturated heterocycles. The Morgan fingerprint density at radius 3 is 2.83 bits per heavy atom. The van der Waals surface area contributed by atoms with Crippen molar-refractivity contribution >= 4 is 21.8 Å². The molecule has 0 fully saturated rings. The molecule has 0 radical (unpaired) electrons. The van der Waals surface area contributed by atoms with Gasteiger partial charge in [0.25, 0.3) is 0 Å². The van der Waals surface area contributed by atoms with E-state index in [0.29, 0.717) is 18.2 Å². The largest absolute Gasteiger partial charge is 0.352 e. The normalized spacial score (nSPS) is 11.8. The van der Waals surface area contributed by atoms with Crippen molar-refractivity contribution < 1.29 is 4.79 Å². The van der Waals surface area contributed by atoms with E-state index in [1.54, 1.807) is 0 Å². The Balaban J connectivity index is 3.70. The van der Waals surface area contributed by atoms with Gasteiger partial charge < -0.3 is 5.32 Å². The fraction of sp³-hybridized carbons (Fsp3) is 0.750. The first kappa shape index (κ1) is 11.4. The van der Waals surface area contributed by atoms with Crippen LogP contribution in [0.2, 0.25) is 0 Å². The van der Waals surface area contributed by atoms with Crippen LogP contribution in [0.25, 0.3) is 0 Å². The maximum atomic E-state index is 11.0. The molecule has 0 bridgehead atoms. The number of hydrogen-bond donors (Lipinski definition) is 1. The molecule has 0 rings (SSSR count). The van der Waals surface area contributed by atoms with Crippen molar-refractivity contribution in [2.45, 2.75) is 32.2 Å². The predicted molar refractivity (Wildman–Crippen MR) is 50.9 cm³/mol. The summed E-state index contributed by atoms with van der Waals surface area (Å²) >= 11 is 3.17. The average molecular weight is 233 g/mol. The van der Waals surface area contributed by atoms with Gasteiger partial charge in [0.1, 0.15) is 0 Å². The molecule has 0 aromatic carbocycles. The zero-order chi connectivity index (χ0) is 9.40. The number of alkyl halides is 1. The first-order valence-electron chi connectivity index (χ1n) is 3.96. The molecule has 12 heavy (non-hydrogen) atoms. The highest BCUT2D eigenvalue weighted by Crippen LogP contribution is 1.97. The van der Waals surface area contributed by atoms with Gasteiger partial charge in [0, 0.05) is 17.8 Å². The summed E-state index contributed by atoms with van der Waals surface area (Å²) < 4.78 is 0. The highest BCUT2D eigenvalue weighted by molar-refractivity contribution is 9.09. The molecule has 3 nitrogen and oxygen atoms in total. The molecule has 1 N–H and O–H groups in total. The Hall–Kier alpha value is -0.560. The van der Waals surface area contributed by atoms with E-state index in [4.69, 9.17) is 5.26 Å². The van der Waals surface area contributed by atoms with Crippen molar-refractivity contribution in [2.24, 2.45) is 0 Å². The Morgan fingerprint density at radius 1 is 1.75 bits per heavy atom. The monoisotopic (exact) mass is 232 g/mol. The Morgan fingerprint density at radius 2 is 2.42 bits per heavy atom. The quantitative estimate of drug-likeness (QED) is 0.733. The van der Waals surface area contributed by atoms with Crippen LogP contribution in [0, 0.1) is 11.3 Å². The van der Waals surface area contributed by atoms with Crippen molar-refractivity contribution in [3.05, 3.63) is 0 Å². The van der Waals surface area contributed by atoms with E-state index in [-0.39, 0.29) is 11.9 Å². The van der Waals surface area contributed by atoms with Gasteiger partial charge in [0.15, 0.2) is 0 Å². The lowest BCUT2D eigenvalue weighted by Crippen LogP contribution is -2.34. The van der Waals surface area contributed by atoms with E-state index in [9.17, 15) is 4.79 Å². The molecule has 0 saturated carbocycles. The number of carbonyl (C=O) groups excluding carboxylic acids is 1. The van der Waals surface area contributed by atoms with Crippen molar-refractivity contribution in [3.8, 4) is 6.07 Å². The molecule has 0 heterocycles. The number of amides is 1. The summed E-state index contributed by atoms with van der Waals surface area (Å²) in [5, 5.41) is 11.8. The predicted octanol–water partition coefficient (Wildman–Crippen LogP) is 1.58. The van der Waals surface area contributed by atoms with Gasteiger partial charge in [-0.1, -0.05) is 22.9 Å². The molecule has 0 aliphatic heterocycles. The lowest BCUT2D eigenvalue weighted by atomic mass is 10.1. The van der Waals surface area contributed by atoms with Gasteiger partial charge in [-0.25, -0.2) is 0 Å². The molecule has 4 heteroatoms. The van der Waals surface area contributed by atoms with Crippen LogP contribution in [0.5, 0.6) is 0 Å². The second-order valence-corrected chi connectivity index (χ2v) is 3.27. The lowest BCUT2D eigenvalue weighted by Gasteiger charge is -2.12. The first-order valence-corrected chi connectivity index (χ1v) is 5.09. The third-order valence-corrected chi connectivity index (χ3v) is 1.91. The van der Waals surface area contributed by atoms with Crippen LogP contribution in [-0.4, -0.2) is 17.3 Å². The summed E-state index contributed by atoms with van der Waals surface area (Å²) in [7, 11) is 0. The Bertz CT molecular complexity index is 176. The number of rotatable bonds is 5. The Kier molecular flexibility index (Phi) is 6.78. The Labute approximate surface area is 81.3 Å². The minimum atomic E-state index is 0.00831. The van der Waals surface area contributed by atoms with Crippen LogP contribution in [0.4, 0.5) is 0 Å². The van der Waals surface area contributed by atoms with Gasteiger partial charge in [-0.3, -0.25) is 4.79 Å². The molecule has 0 spiro atoms. The highest BCUT2D eigenvalue weighted by atomic mass is 79.9. The highest BCUT2D eigenvalue weighted by Gasteiger charge is 2.08. The summed E-state index contributed by atoms with van der Waals surface area (Å²) in [5.41, 5.74) is 0. The van der Waals surface area contributed by atoms with Crippen LogP contribution < -0.4 is 5.32 Å². The summed E-state index contributed by atoms with van der Waals surface area (Å²) in [6, 6.07) is 2.06. The maximum absolute atomic E-state index is 11.0. The second kappa shape index (κ2) is 7.11. The van der Waals surface area contributed by atoms with Gasteiger partial charge in [-0.05, 0) is 6.42 Å². The van der Waals surface area contributed by atoms with Crippen LogP contribution in [0.15, 0.2) is 0 Å². The minimum absolute atomic E-state index is 0.00831. The van der Waals surface area contributed by atoms with Crippen molar-refractivity contribution in [2.75, 3.05) is 5.33 Å². The molecule has 1 amide bonds. The lowest BCUT2D eigenvalue weighted by molar-refractivity contribution is -0.121. The average Bonchev–Trinajstić information content (AvgIpc) is 2.04. The summed E-state index contributed by atoms with van der Waals surface area (Å²) in [5.74, 6) is 0.00831. The third-order valence-electron chi connectivity index (χ3n) is 1.52. The van der Waals surface area contributed by atoms with Gasteiger partial charge >= 0.3 is 0 Å². The first-order chi connectivity index (χ1) is 5.74. The molecule has 1 unspecified atom stereocenters. The molecule has 1 atom stereocenters. The molecule has 0 aliphatic carbocycles. The van der Waals surface area contributed by atoms with E-state index >= 15 is 0 Å².